The van der Waals surface area contributed by atoms with E-state index in [0.717, 1.165) is 13.8 Å². The summed E-state index contributed by atoms with van der Waals surface area (Å²) in [6, 6.07) is 0. The normalized spacial score (nSPS) is 8.81. The van der Waals surface area contributed by atoms with Gasteiger partial charge in [-0.15, -0.1) is 0 Å². The monoisotopic (exact) mass is 237 g/mol. The predicted molar refractivity (Wildman–Crippen MR) is 57.2 cm³/mol. The van der Waals surface area contributed by atoms with Crippen molar-refractivity contribution in [1.29, 1.82) is 0 Å². The van der Waals surface area contributed by atoms with Crippen LogP contribution >= 0.6 is 0 Å². The highest BCUT2D eigenvalue weighted by molar-refractivity contribution is 5.83. The molecule has 8 nitrogen and oxygen atoms in total. The molecule has 0 bridgehead atoms. The second-order valence-corrected chi connectivity index (χ2v) is 2.80. The van der Waals surface area contributed by atoms with Crippen molar-refractivity contribution < 1.29 is 24.6 Å². The Morgan fingerprint density at radius 3 is 1.25 bits per heavy atom. The quantitative estimate of drug-likeness (QED) is 0.370. The zero-order valence-corrected chi connectivity index (χ0v) is 9.56. The van der Waals surface area contributed by atoms with E-state index in [2.05, 4.69) is 0 Å². The Labute approximate surface area is 93.4 Å². The lowest BCUT2D eigenvalue weighted by Crippen LogP contribution is -2.59. The molecule has 8 heteroatoms. The maximum atomic E-state index is 10.2. The SMILES string of the molecule is CC(=O)O.CC(=O)O.CCC(N)(N)C(N)=O. The second kappa shape index (κ2) is 9.87. The fourth-order valence-electron chi connectivity index (χ4n) is 0.174. The number of hydrogen-bond acceptors (Lipinski definition) is 5. The lowest BCUT2D eigenvalue weighted by Gasteiger charge is -2.16. The molecule has 0 aliphatic carbocycles. The molecule has 96 valence electrons. The van der Waals surface area contributed by atoms with Crippen molar-refractivity contribution >= 4 is 17.8 Å². The van der Waals surface area contributed by atoms with Gasteiger partial charge in [-0.3, -0.25) is 14.4 Å². The van der Waals surface area contributed by atoms with Gasteiger partial charge in [0, 0.05) is 13.8 Å². The van der Waals surface area contributed by atoms with Gasteiger partial charge in [0.05, 0.1) is 0 Å². The van der Waals surface area contributed by atoms with Crippen molar-refractivity contribution in [1.82, 2.24) is 0 Å². The largest absolute Gasteiger partial charge is 0.481 e. The molecule has 1 amide bonds. The Balaban J connectivity index is -0.000000179. The van der Waals surface area contributed by atoms with E-state index in [-0.39, 0.29) is 0 Å². The van der Waals surface area contributed by atoms with Crippen molar-refractivity contribution in [3.8, 4) is 0 Å². The van der Waals surface area contributed by atoms with Crippen molar-refractivity contribution in [3.05, 3.63) is 0 Å². The first-order valence-electron chi connectivity index (χ1n) is 4.24. The first kappa shape index (κ1) is 19.8. The van der Waals surface area contributed by atoms with E-state index in [1.807, 2.05) is 0 Å². The van der Waals surface area contributed by atoms with Crippen LogP contribution in [0.4, 0.5) is 0 Å². The average Bonchev–Trinajstić information content (AvgIpc) is 2.01. The van der Waals surface area contributed by atoms with Crippen LogP contribution in [0, 0.1) is 0 Å². The first-order chi connectivity index (χ1) is 6.97. The molecule has 0 saturated heterocycles. The molecule has 0 spiro atoms. The Kier molecular flexibility index (Phi) is 12.2. The Bertz CT molecular complexity index is 220. The number of carbonyl (C=O) groups is 3. The first-order valence-corrected chi connectivity index (χ1v) is 4.24. The highest BCUT2D eigenvalue weighted by Gasteiger charge is 2.22. The maximum absolute atomic E-state index is 10.2. The molecule has 0 radical (unpaired) electrons. The van der Waals surface area contributed by atoms with Crippen LogP contribution in [0.15, 0.2) is 0 Å². The minimum atomic E-state index is -1.32. The summed E-state index contributed by atoms with van der Waals surface area (Å²) in [5.74, 6) is -2.33. The van der Waals surface area contributed by atoms with Gasteiger partial charge < -0.3 is 27.4 Å². The van der Waals surface area contributed by atoms with E-state index in [9.17, 15) is 4.79 Å². The third kappa shape index (κ3) is 29.5. The van der Waals surface area contributed by atoms with Crippen LogP contribution in [0.3, 0.4) is 0 Å². The van der Waals surface area contributed by atoms with Gasteiger partial charge in [-0.1, -0.05) is 6.92 Å². The molecule has 8 N–H and O–H groups in total. The summed E-state index contributed by atoms with van der Waals surface area (Å²) in [4.78, 5) is 28.2. The number of hydrogen-bond donors (Lipinski definition) is 5. The number of nitrogens with two attached hydrogens (primary N) is 3. The lowest BCUT2D eigenvalue weighted by atomic mass is 10.1. The van der Waals surface area contributed by atoms with Crippen molar-refractivity contribution in [2.45, 2.75) is 32.9 Å². The molecule has 0 rings (SSSR count). The van der Waals surface area contributed by atoms with E-state index in [1.165, 1.54) is 0 Å². The highest BCUT2D eigenvalue weighted by atomic mass is 16.4. The van der Waals surface area contributed by atoms with Crippen LogP contribution in [0.25, 0.3) is 0 Å². The zero-order chi connectivity index (χ0) is 13.9. The fourth-order valence-corrected chi connectivity index (χ4v) is 0.174. The van der Waals surface area contributed by atoms with Gasteiger partial charge in [-0.05, 0) is 6.42 Å². The second-order valence-electron chi connectivity index (χ2n) is 2.80. The number of aliphatic carboxylic acids is 2. The van der Waals surface area contributed by atoms with Gasteiger partial charge in [0.2, 0.25) is 0 Å². The molecule has 0 aliphatic rings. The molecule has 0 atom stereocenters. The van der Waals surface area contributed by atoms with Gasteiger partial charge in [0.15, 0.2) is 0 Å². The van der Waals surface area contributed by atoms with E-state index in [4.69, 9.17) is 37.0 Å². The van der Waals surface area contributed by atoms with E-state index in [0.29, 0.717) is 6.42 Å². The number of amides is 1. The Hall–Kier alpha value is -1.67. The van der Waals surface area contributed by atoms with Gasteiger partial charge in [-0.2, -0.15) is 0 Å². The molecule has 0 aromatic carbocycles. The van der Waals surface area contributed by atoms with Crippen LogP contribution in [0.2, 0.25) is 0 Å². The fraction of sp³-hybridized carbons (Fsp3) is 0.625. The molecular formula is C8H19N3O5. The Morgan fingerprint density at radius 2 is 1.25 bits per heavy atom. The summed E-state index contributed by atoms with van der Waals surface area (Å²) in [6.07, 6.45) is 0.363. The summed E-state index contributed by atoms with van der Waals surface area (Å²) < 4.78 is 0. The summed E-state index contributed by atoms with van der Waals surface area (Å²) in [7, 11) is 0. The number of rotatable bonds is 2. The minimum absolute atomic E-state index is 0.363. The molecule has 0 aliphatic heterocycles. The number of carboxylic acids is 2. The van der Waals surface area contributed by atoms with Gasteiger partial charge in [0.1, 0.15) is 5.66 Å². The molecule has 0 aromatic heterocycles. The summed E-state index contributed by atoms with van der Waals surface area (Å²) in [5.41, 5.74) is 13.8. The summed E-state index contributed by atoms with van der Waals surface area (Å²) >= 11 is 0. The van der Waals surface area contributed by atoms with Crippen molar-refractivity contribution in [3.63, 3.8) is 0 Å². The molecule has 0 fully saturated rings. The zero-order valence-electron chi connectivity index (χ0n) is 9.56. The maximum Gasteiger partial charge on any atom is 0.300 e. The van der Waals surface area contributed by atoms with Crippen LogP contribution in [0.1, 0.15) is 27.2 Å². The van der Waals surface area contributed by atoms with Crippen LogP contribution < -0.4 is 17.2 Å². The molecule has 0 saturated carbocycles. The van der Waals surface area contributed by atoms with Crippen molar-refractivity contribution in [2.75, 3.05) is 0 Å². The lowest BCUT2D eigenvalue weighted by molar-refractivity contribution is -0.135. The number of primary amides is 1. The van der Waals surface area contributed by atoms with Gasteiger partial charge >= 0.3 is 0 Å². The molecule has 0 heterocycles. The number of carboxylic acid groups (broad SMARTS) is 2. The summed E-state index contributed by atoms with van der Waals surface area (Å²) in [6.45, 7) is 3.87. The van der Waals surface area contributed by atoms with Crippen LogP contribution in [-0.4, -0.2) is 33.7 Å². The van der Waals surface area contributed by atoms with Crippen molar-refractivity contribution in [2.24, 2.45) is 17.2 Å². The summed E-state index contributed by atoms with van der Waals surface area (Å²) in [5, 5.41) is 14.8. The van der Waals surface area contributed by atoms with E-state index >= 15 is 0 Å². The molecule has 0 aromatic rings. The van der Waals surface area contributed by atoms with Gasteiger partial charge in [-0.25, -0.2) is 0 Å². The van der Waals surface area contributed by atoms with E-state index in [1.54, 1.807) is 6.92 Å². The predicted octanol–water partition coefficient (Wildman–Crippen LogP) is -1.32. The standard InChI is InChI=1S/C4H11N3O.2C2H4O2/c1-2-4(6,7)3(5)8;2*1-2(3)4/h2,6-7H2,1H3,(H2,5,8);2*1H3,(H,3,4). The third-order valence-electron chi connectivity index (χ3n) is 1.04. The smallest absolute Gasteiger partial charge is 0.300 e. The molecule has 0 unspecified atom stereocenters. The third-order valence-corrected chi connectivity index (χ3v) is 1.04. The minimum Gasteiger partial charge on any atom is -0.481 e. The van der Waals surface area contributed by atoms with Crippen LogP contribution in [-0.2, 0) is 14.4 Å². The van der Waals surface area contributed by atoms with Gasteiger partial charge in [0.25, 0.3) is 17.8 Å². The highest BCUT2D eigenvalue weighted by Crippen LogP contribution is 1.92. The molecule has 16 heavy (non-hydrogen) atoms. The molecular weight excluding hydrogens is 218 g/mol. The number of carbonyl (C=O) groups excluding carboxylic acids is 1. The van der Waals surface area contributed by atoms with E-state index < -0.39 is 23.5 Å². The topological polar surface area (TPSA) is 170 Å². The Morgan fingerprint density at radius 1 is 1.06 bits per heavy atom. The van der Waals surface area contributed by atoms with Crippen LogP contribution in [0.5, 0.6) is 0 Å². The average molecular weight is 237 g/mol.